The lowest BCUT2D eigenvalue weighted by molar-refractivity contribution is 0.192. The fourth-order valence-corrected chi connectivity index (χ4v) is 3.83. The number of nitrogens with zero attached hydrogens (tertiary/aromatic N) is 4. The average molecular weight is 336 g/mol. The third kappa shape index (κ3) is 2.20. The number of fused-ring (bicyclic) bond motifs is 2. The largest absolute Gasteiger partial charge is 0.349 e. The standard InChI is InChI=1S/C14H18BrN5/c15-10-4-5-13-17-14(18-20(13)9-10)16-11-6-8-19-7-2-1-3-12(11)19/h4-5,9,11-12H,1-3,6-8H2,(H,16,18). The molecule has 2 aromatic rings. The van der Waals surface area contributed by atoms with Crippen LogP contribution in [0.1, 0.15) is 25.7 Å². The van der Waals surface area contributed by atoms with E-state index in [4.69, 9.17) is 0 Å². The number of hydrogen-bond acceptors (Lipinski definition) is 4. The number of halogens is 1. The van der Waals surface area contributed by atoms with Crippen LogP contribution in [0.25, 0.3) is 5.65 Å². The lowest BCUT2D eigenvalue weighted by atomic mass is 9.99. The van der Waals surface area contributed by atoms with Crippen LogP contribution in [-0.2, 0) is 0 Å². The first kappa shape index (κ1) is 12.6. The van der Waals surface area contributed by atoms with Crippen molar-refractivity contribution in [1.29, 1.82) is 0 Å². The van der Waals surface area contributed by atoms with E-state index in [0.717, 1.165) is 16.1 Å². The van der Waals surface area contributed by atoms with Crippen LogP contribution >= 0.6 is 15.9 Å². The molecule has 0 aromatic carbocycles. The van der Waals surface area contributed by atoms with Crippen LogP contribution in [-0.4, -0.2) is 44.7 Å². The molecule has 0 amide bonds. The first-order valence-corrected chi connectivity index (χ1v) is 8.11. The van der Waals surface area contributed by atoms with Crippen molar-refractivity contribution in [3.63, 3.8) is 0 Å². The molecule has 0 aliphatic carbocycles. The van der Waals surface area contributed by atoms with Gasteiger partial charge in [-0.25, -0.2) is 4.52 Å². The smallest absolute Gasteiger partial charge is 0.243 e. The van der Waals surface area contributed by atoms with Gasteiger partial charge in [0.1, 0.15) is 0 Å². The number of rotatable bonds is 2. The van der Waals surface area contributed by atoms with Gasteiger partial charge < -0.3 is 5.32 Å². The first-order chi connectivity index (χ1) is 9.79. The molecule has 0 bridgehead atoms. The Balaban J connectivity index is 1.55. The van der Waals surface area contributed by atoms with Gasteiger partial charge in [0, 0.05) is 29.3 Å². The molecule has 1 N–H and O–H groups in total. The molecular weight excluding hydrogens is 318 g/mol. The first-order valence-electron chi connectivity index (χ1n) is 7.32. The Labute approximate surface area is 126 Å². The van der Waals surface area contributed by atoms with Crippen molar-refractivity contribution in [3.05, 3.63) is 22.8 Å². The molecule has 5 nitrogen and oxygen atoms in total. The molecule has 106 valence electrons. The maximum absolute atomic E-state index is 4.56. The zero-order valence-corrected chi connectivity index (χ0v) is 12.9. The van der Waals surface area contributed by atoms with E-state index in [9.17, 15) is 0 Å². The fraction of sp³-hybridized carbons (Fsp3) is 0.571. The molecule has 20 heavy (non-hydrogen) atoms. The van der Waals surface area contributed by atoms with E-state index in [1.165, 1.54) is 38.8 Å². The minimum absolute atomic E-state index is 0.496. The van der Waals surface area contributed by atoms with Crippen molar-refractivity contribution in [2.75, 3.05) is 18.4 Å². The number of aromatic nitrogens is 3. The van der Waals surface area contributed by atoms with Gasteiger partial charge in [-0.05, 0) is 53.9 Å². The molecule has 2 aliphatic heterocycles. The second kappa shape index (κ2) is 5.00. The number of pyridine rings is 1. The van der Waals surface area contributed by atoms with Gasteiger partial charge in [0.05, 0.1) is 0 Å². The molecule has 0 saturated carbocycles. The summed E-state index contributed by atoms with van der Waals surface area (Å²) in [6.07, 6.45) is 7.14. The van der Waals surface area contributed by atoms with E-state index in [1.807, 2.05) is 22.8 Å². The van der Waals surface area contributed by atoms with Crippen LogP contribution in [0.15, 0.2) is 22.8 Å². The van der Waals surface area contributed by atoms with Crippen LogP contribution < -0.4 is 5.32 Å². The summed E-state index contributed by atoms with van der Waals surface area (Å²) in [5.74, 6) is 0.750. The SMILES string of the molecule is Brc1ccc2nc(NC3CCN4CCCCC34)nn2c1. The zero-order chi connectivity index (χ0) is 13.5. The Morgan fingerprint density at radius 2 is 2.15 bits per heavy atom. The number of anilines is 1. The van der Waals surface area contributed by atoms with Gasteiger partial charge in [0.2, 0.25) is 5.95 Å². The molecule has 2 aromatic heterocycles. The molecule has 2 unspecified atom stereocenters. The number of piperidine rings is 1. The molecule has 2 atom stereocenters. The Morgan fingerprint density at radius 3 is 3.10 bits per heavy atom. The van der Waals surface area contributed by atoms with Gasteiger partial charge in [0.15, 0.2) is 5.65 Å². The van der Waals surface area contributed by atoms with Crippen LogP contribution in [0.2, 0.25) is 0 Å². The fourth-order valence-electron chi connectivity index (χ4n) is 3.50. The van der Waals surface area contributed by atoms with Gasteiger partial charge in [-0.2, -0.15) is 4.98 Å². The van der Waals surface area contributed by atoms with Crippen molar-refractivity contribution in [1.82, 2.24) is 19.5 Å². The molecule has 2 aliphatic rings. The highest BCUT2D eigenvalue weighted by Gasteiger charge is 2.35. The minimum Gasteiger partial charge on any atom is -0.349 e. The van der Waals surface area contributed by atoms with E-state index < -0.39 is 0 Å². The van der Waals surface area contributed by atoms with Gasteiger partial charge in [-0.3, -0.25) is 4.90 Å². The summed E-state index contributed by atoms with van der Waals surface area (Å²) in [6, 6.07) is 5.13. The Kier molecular flexibility index (Phi) is 3.15. The molecule has 4 rings (SSSR count). The van der Waals surface area contributed by atoms with Gasteiger partial charge >= 0.3 is 0 Å². The van der Waals surface area contributed by atoms with Crippen molar-refractivity contribution in [3.8, 4) is 0 Å². The molecule has 6 heteroatoms. The molecule has 2 saturated heterocycles. The van der Waals surface area contributed by atoms with Crippen molar-refractivity contribution in [2.24, 2.45) is 0 Å². The maximum atomic E-state index is 4.56. The van der Waals surface area contributed by atoms with Crippen molar-refractivity contribution < 1.29 is 0 Å². The summed E-state index contributed by atoms with van der Waals surface area (Å²) < 4.78 is 2.83. The summed E-state index contributed by atoms with van der Waals surface area (Å²) in [7, 11) is 0. The van der Waals surface area contributed by atoms with Gasteiger partial charge in [-0.1, -0.05) is 6.42 Å². The van der Waals surface area contributed by atoms with Gasteiger partial charge in [0.25, 0.3) is 0 Å². The highest BCUT2D eigenvalue weighted by molar-refractivity contribution is 9.10. The molecule has 4 heterocycles. The summed E-state index contributed by atoms with van der Waals surface area (Å²) in [4.78, 5) is 7.17. The van der Waals surface area contributed by atoms with Crippen LogP contribution in [0.5, 0.6) is 0 Å². The third-order valence-electron chi connectivity index (χ3n) is 4.47. The molecule has 2 fully saturated rings. The summed E-state index contributed by atoms with van der Waals surface area (Å²) in [6.45, 7) is 2.47. The Bertz CT molecular complexity index is 625. The number of nitrogens with one attached hydrogen (secondary N) is 1. The maximum Gasteiger partial charge on any atom is 0.243 e. The molecule has 0 radical (unpaired) electrons. The summed E-state index contributed by atoms with van der Waals surface area (Å²) >= 11 is 3.46. The third-order valence-corrected chi connectivity index (χ3v) is 4.93. The predicted octanol–water partition coefficient (Wildman–Crippen LogP) is 2.53. The Hall–Kier alpha value is -1.14. The summed E-state index contributed by atoms with van der Waals surface area (Å²) in [5.41, 5.74) is 0.884. The second-order valence-corrected chi connectivity index (χ2v) is 6.64. The lowest BCUT2D eigenvalue weighted by Crippen LogP contribution is -2.41. The van der Waals surface area contributed by atoms with Crippen molar-refractivity contribution >= 4 is 27.5 Å². The van der Waals surface area contributed by atoms with Crippen LogP contribution in [0.4, 0.5) is 5.95 Å². The van der Waals surface area contributed by atoms with E-state index in [-0.39, 0.29) is 0 Å². The zero-order valence-electron chi connectivity index (χ0n) is 11.3. The highest BCUT2D eigenvalue weighted by atomic mass is 79.9. The highest BCUT2D eigenvalue weighted by Crippen LogP contribution is 2.28. The van der Waals surface area contributed by atoms with E-state index in [2.05, 4.69) is 36.2 Å². The monoisotopic (exact) mass is 335 g/mol. The topological polar surface area (TPSA) is 45.5 Å². The van der Waals surface area contributed by atoms with Crippen LogP contribution in [0, 0.1) is 0 Å². The van der Waals surface area contributed by atoms with E-state index >= 15 is 0 Å². The Morgan fingerprint density at radius 1 is 1.20 bits per heavy atom. The van der Waals surface area contributed by atoms with Gasteiger partial charge in [-0.15, -0.1) is 5.10 Å². The normalized spacial score (nSPS) is 26.9. The van der Waals surface area contributed by atoms with E-state index in [0.29, 0.717) is 12.1 Å². The predicted molar refractivity (Wildman–Crippen MR) is 81.9 cm³/mol. The van der Waals surface area contributed by atoms with E-state index in [1.54, 1.807) is 0 Å². The average Bonchev–Trinajstić information content (AvgIpc) is 3.03. The minimum atomic E-state index is 0.496. The lowest BCUT2D eigenvalue weighted by Gasteiger charge is -2.32. The van der Waals surface area contributed by atoms with Crippen molar-refractivity contribution in [2.45, 2.75) is 37.8 Å². The number of hydrogen-bond donors (Lipinski definition) is 1. The molecule has 0 spiro atoms. The molecular formula is C14H18BrN5. The second-order valence-electron chi connectivity index (χ2n) is 5.72. The quantitative estimate of drug-likeness (QED) is 0.915. The summed E-state index contributed by atoms with van der Waals surface area (Å²) in [5, 5.41) is 8.07. The van der Waals surface area contributed by atoms with Crippen LogP contribution in [0.3, 0.4) is 0 Å².